The minimum absolute atomic E-state index is 0.00976. The Morgan fingerprint density at radius 1 is 0.920 bits per heavy atom. The van der Waals surface area contributed by atoms with Gasteiger partial charge in [-0.05, 0) is 65.8 Å². The van der Waals surface area contributed by atoms with E-state index in [1.807, 2.05) is 6.08 Å². The zero-order valence-corrected chi connectivity index (χ0v) is 13.5. The van der Waals surface area contributed by atoms with Gasteiger partial charge in [0.05, 0.1) is 0 Å². The Labute approximate surface area is 144 Å². The fourth-order valence-corrected chi connectivity index (χ4v) is 3.00. The van der Waals surface area contributed by atoms with Crippen LogP contribution in [0.1, 0.15) is 29.9 Å². The van der Waals surface area contributed by atoms with E-state index in [1.54, 1.807) is 24.3 Å². The highest BCUT2D eigenvalue weighted by atomic mass is 19.1. The molecule has 3 rings (SSSR count). The molecule has 0 bridgehead atoms. The number of aliphatic imine (C=N–C) groups is 1. The smallest absolute Gasteiger partial charge is 0.237 e. The molecule has 0 saturated carbocycles. The third-order valence-electron chi connectivity index (χ3n) is 4.21. The molecule has 0 amide bonds. The topological polar surface area (TPSA) is 76.8 Å². The van der Waals surface area contributed by atoms with Gasteiger partial charge >= 0.3 is 0 Å². The highest BCUT2D eigenvalue weighted by Gasteiger charge is 2.22. The molecule has 0 heterocycles. The first-order chi connectivity index (χ1) is 12.0. The second-order valence-corrected chi connectivity index (χ2v) is 5.92. The minimum Gasteiger partial charge on any atom is -0.367 e. The molecule has 0 aliphatic heterocycles. The van der Waals surface area contributed by atoms with Crippen LogP contribution in [0.15, 0.2) is 64.7 Å². The Balaban J connectivity index is 1.98. The Morgan fingerprint density at radius 3 is 2.12 bits per heavy atom. The average molecular weight is 340 g/mol. The van der Waals surface area contributed by atoms with Crippen molar-refractivity contribution in [3.8, 4) is 0 Å². The summed E-state index contributed by atoms with van der Waals surface area (Å²) in [7, 11) is 0. The van der Waals surface area contributed by atoms with E-state index in [9.17, 15) is 8.78 Å². The van der Waals surface area contributed by atoms with E-state index in [4.69, 9.17) is 11.6 Å². The van der Waals surface area contributed by atoms with Crippen molar-refractivity contribution in [1.29, 1.82) is 0 Å². The lowest BCUT2D eigenvalue weighted by molar-refractivity contribution is 0.624. The van der Waals surface area contributed by atoms with Crippen LogP contribution in [0.4, 0.5) is 8.78 Å². The van der Waals surface area contributed by atoms with Crippen LogP contribution >= 0.6 is 0 Å². The molecule has 1 aliphatic rings. The van der Waals surface area contributed by atoms with Gasteiger partial charge in [0.2, 0.25) is 5.96 Å². The van der Waals surface area contributed by atoms with Gasteiger partial charge in [0, 0.05) is 5.71 Å². The van der Waals surface area contributed by atoms with Crippen LogP contribution in [-0.2, 0) is 0 Å². The molecule has 2 aromatic rings. The SMILES string of the molecule is N/N=C(N)/N=C1/C=C(c2ccc(F)cc2)CC(c2ccc(F)cc2)C1. The van der Waals surface area contributed by atoms with E-state index >= 15 is 0 Å². The van der Waals surface area contributed by atoms with Crippen LogP contribution in [0, 0.1) is 11.6 Å². The van der Waals surface area contributed by atoms with Crippen molar-refractivity contribution >= 4 is 17.2 Å². The summed E-state index contributed by atoms with van der Waals surface area (Å²) in [4.78, 5) is 4.24. The number of halogens is 2. The number of nitrogens with two attached hydrogens (primary N) is 2. The predicted octanol–water partition coefficient (Wildman–Crippen LogP) is 3.56. The maximum absolute atomic E-state index is 13.2. The van der Waals surface area contributed by atoms with E-state index in [2.05, 4.69) is 10.1 Å². The summed E-state index contributed by atoms with van der Waals surface area (Å²) in [6.07, 6.45) is 3.29. The quantitative estimate of drug-likeness (QED) is 0.379. The van der Waals surface area contributed by atoms with Crippen LogP contribution in [0.25, 0.3) is 5.57 Å². The zero-order chi connectivity index (χ0) is 17.8. The van der Waals surface area contributed by atoms with Crippen molar-refractivity contribution in [3.63, 3.8) is 0 Å². The Bertz CT molecular complexity index is 837. The summed E-state index contributed by atoms with van der Waals surface area (Å²) >= 11 is 0. The summed E-state index contributed by atoms with van der Waals surface area (Å²) in [5.74, 6) is 4.70. The summed E-state index contributed by atoms with van der Waals surface area (Å²) in [5.41, 5.74) is 9.26. The van der Waals surface area contributed by atoms with Crippen LogP contribution in [0.5, 0.6) is 0 Å². The zero-order valence-electron chi connectivity index (χ0n) is 13.5. The van der Waals surface area contributed by atoms with Gasteiger partial charge in [-0.3, -0.25) is 0 Å². The first-order valence-electron chi connectivity index (χ1n) is 7.88. The van der Waals surface area contributed by atoms with Crippen molar-refractivity contribution in [2.24, 2.45) is 21.7 Å². The maximum Gasteiger partial charge on any atom is 0.237 e. The molecular weight excluding hydrogens is 322 g/mol. The van der Waals surface area contributed by atoms with E-state index in [-0.39, 0.29) is 23.5 Å². The summed E-state index contributed by atoms with van der Waals surface area (Å²) in [6.45, 7) is 0. The molecule has 2 aromatic carbocycles. The lowest BCUT2D eigenvalue weighted by Crippen LogP contribution is -2.18. The Hall–Kier alpha value is -3.02. The second-order valence-electron chi connectivity index (χ2n) is 5.92. The molecule has 0 aromatic heterocycles. The normalized spacial score (nSPS) is 19.8. The third kappa shape index (κ3) is 4.09. The maximum atomic E-state index is 13.2. The molecule has 1 atom stereocenters. The van der Waals surface area contributed by atoms with Gasteiger partial charge < -0.3 is 11.6 Å². The predicted molar refractivity (Wildman–Crippen MR) is 96.0 cm³/mol. The molecule has 4 N–H and O–H groups in total. The van der Waals surface area contributed by atoms with Gasteiger partial charge in [0.15, 0.2) is 0 Å². The number of guanidine groups is 1. The number of nitrogens with zero attached hydrogens (tertiary/aromatic N) is 2. The van der Waals surface area contributed by atoms with E-state index in [0.29, 0.717) is 6.42 Å². The highest BCUT2D eigenvalue weighted by Crippen LogP contribution is 2.36. The second kappa shape index (κ2) is 7.25. The number of hydrazone groups is 1. The van der Waals surface area contributed by atoms with Crippen molar-refractivity contribution in [3.05, 3.63) is 77.4 Å². The summed E-state index contributed by atoms with van der Waals surface area (Å²) in [6, 6.07) is 12.7. The van der Waals surface area contributed by atoms with E-state index in [1.165, 1.54) is 24.3 Å². The van der Waals surface area contributed by atoms with Crippen molar-refractivity contribution in [2.45, 2.75) is 18.8 Å². The summed E-state index contributed by atoms with van der Waals surface area (Å²) in [5, 5.41) is 3.38. The van der Waals surface area contributed by atoms with Crippen LogP contribution in [-0.4, -0.2) is 11.7 Å². The standard InChI is InChI=1S/C19H18F2N4/c20-16-5-1-12(2-6-16)14-9-15(13-3-7-17(21)8-4-13)11-18(10-14)24-19(22)25-23/h1-8,10,15H,9,11,23H2,(H2,22,25)/b24-18-. The fourth-order valence-electron chi connectivity index (χ4n) is 3.00. The molecule has 0 saturated heterocycles. The monoisotopic (exact) mass is 340 g/mol. The number of hydrogen-bond donors (Lipinski definition) is 2. The lowest BCUT2D eigenvalue weighted by atomic mass is 9.80. The van der Waals surface area contributed by atoms with Gasteiger partial charge in [-0.1, -0.05) is 24.3 Å². The molecule has 1 unspecified atom stereocenters. The first kappa shape index (κ1) is 16.8. The van der Waals surface area contributed by atoms with Crippen molar-refractivity contribution < 1.29 is 8.78 Å². The highest BCUT2D eigenvalue weighted by molar-refractivity contribution is 6.08. The molecule has 0 fully saturated rings. The summed E-state index contributed by atoms with van der Waals surface area (Å²) < 4.78 is 26.4. The molecule has 0 radical (unpaired) electrons. The molecule has 1 aliphatic carbocycles. The number of rotatable bonds is 2. The molecule has 6 heteroatoms. The largest absolute Gasteiger partial charge is 0.367 e. The Morgan fingerprint density at radius 2 is 1.52 bits per heavy atom. The van der Waals surface area contributed by atoms with Gasteiger partial charge in [0.25, 0.3) is 0 Å². The lowest BCUT2D eigenvalue weighted by Gasteiger charge is -2.24. The van der Waals surface area contributed by atoms with Gasteiger partial charge in [-0.2, -0.15) is 0 Å². The number of benzene rings is 2. The van der Waals surface area contributed by atoms with E-state index in [0.717, 1.165) is 28.8 Å². The molecule has 128 valence electrons. The first-order valence-corrected chi connectivity index (χ1v) is 7.88. The van der Waals surface area contributed by atoms with E-state index < -0.39 is 0 Å². The molecular formula is C19H18F2N4. The number of allylic oxidation sites excluding steroid dienone is 2. The number of hydrogen-bond acceptors (Lipinski definition) is 2. The van der Waals surface area contributed by atoms with Crippen molar-refractivity contribution in [1.82, 2.24) is 0 Å². The van der Waals surface area contributed by atoms with Crippen LogP contribution < -0.4 is 11.6 Å². The van der Waals surface area contributed by atoms with Crippen molar-refractivity contribution in [2.75, 3.05) is 0 Å². The van der Waals surface area contributed by atoms with Crippen LogP contribution in [0.2, 0.25) is 0 Å². The Kier molecular flexibility index (Phi) is 4.88. The van der Waals surface area contributed by atoms with Gasteiger partial charge in [-0.25, -0.2) is 13.8 Å². The molecule has 4 nitrogen and oxygen atoms in total. The fraction of sp³-hybridized carbons (Fsp3) is 0.158. The molecule has 25 heavy (non-hydrogen) atoms. The average Bonchev–Trinajstić information content (AvgIpc) is 2.62. The molecule has 0 spiro atoms. The van der Waals surface area contributed by atoms with Gasteiger partial charge in [0.1, 0.15) is 11.6 Å². The van der Waals surface area contributed by atoms with Gasteiger partial charge in [-0.15, -0.1) is 5.10 Å². The third-order valence-corrected chi connectivity index (χ3v) is 4.21. The minimum atomic E-state index is -0.288. The van der Waals surface area contributed by atoms with Crippen LogP contribution in [0.3, 0.4) is 0 Å².